The van der Waals surface area contributed by atoms with Crippen LogP contribution < -0.4 is 10.6 Å². The number of amides is 3. The number of carbonyl (C=O) groups excluding carboxylic acids is 3. The smallest absolute Gasteiger partial charge is 0.256 e. The van der Waals surface area contributed by atoms with E-state index in [-0.39, 0.29) is 23.1 Å². The van der Waals surface area contributed by atoms with E-state index in [1.807, 2.05) is 74.5 Å². The van der Waals surface area contributed by atoms with Gasteiger partial charge in [0.25, 0.3) is 5.91 Å². The molecule has 1 aromatic heterocycles. The first-order valence-electron chi connectivity index (χ1n) is 11.5. The van der Waals surface area contributed by atoms with Gasteiger partial charge in [-0.3, -0.25) is 19.4 Å². The van der Waals surface area contributed by atoms with Crippen LogP contribution in [-0.2, 0) is 16.1 Å². The molecule has 0 saturated carbocycles. The number of benzene rings is 2. The van der Waals surface area contributed by atoms with Gasteiger partial charge < -0.3 is 15.5 Å². The minimum Gasteiger partial charge on any atom is -0.350 e. The molecular weight excluding hydrogens is 460 g/mol. The van der Waals surface area contributed by atoms with Crippen LogP contribution in [0.1, 0.15) is 52.3 Å². The molecule has 3 heterocycles. The number of pyridine rings is 1. The molecule has 0 radical (unpaired) electrons. The number of aromatic nitrogens is 1. The van der Waals surface area contributed by atoms with E-state index in [9.17, 15) is 14.4 Å². The van der Waals surface area contributed by atoms with Crippen molar-refractivity contribution < 1.29 is 14.4 Å². The highest BCUT2D eigenvalue weighted by Crippen LogP contribution is 2.56. The van der Waals surface area contributed by atoms with Crippen molar-refractivity contribution in [1.82, 2.24) is 20.5 Å². The summed E-state index contributed by atoms with van der Waals surface area (Å²) in [6.45, 7) is 4.25. The standard InChI is InChI=1S/C27H26N4O3S/c1-27(2)22(31-25(34)19-10-6-7-11-20(19)26(31)35-27)24(33)30-21(18-8-4-3-5-9-18)23(32)29-16-17-12-14-28-15-13-17/h3-15,21-22,26H,16H2,1-2H3,(H,29,32)(H,30,33)/t21-,22+,26+/m0/s1. The molecule has 3 atom stereocenters. The molecule has 0 unspecified atom stereocenters. The zero-order chi connectivity index (χ0) is 24.6. The lowest BCUT2D eigenvalue weighted by molar-refractivity contribution is -0.132. The SMILES string of the molecule is CC1(C)S[C@@H]2c3ccccc3C(=O)N2[C@@H]1C(=O)N[C@H](C(=O)NCc1ccncc1)c1ccccc1. The van der Waals surface area contributed by atoms with E-state index in [4.69, 9.17) is 0 Å². The van der Waals surface area contributed by atoms with E-state index < -0.39 is 16.8 Å². The van der Waals surface area contributed by atoms with Gasteiger partial charge in [0, 0.05) is 29.2 Å². The maximum Gasteiger partial charge on any atom is 0.256 e. The van der Waals surface area contributed by atoms with Gasteiger partial charge in [-0.25, -0.2) is 0 Å². The molecule has 2 aliphatic heterocycles. The molecular formula is C27H26N4O3S. The summed E-state index contributed by atoms with van der Waals surface area (Å²) in [5.41, 5.74) is 3.14. The molecule has 0 aliphatic carbocycles. The van der Waals surface area contributed by atoms with E-state index in [2.05, 4.69) is 15.6 Å². The first-order chi connectivity index (χ1) is 16.9. The Hall–Kier alpha value is -3.65. The van der Waals surface area contributed by atoms with Gasteiger partial charge in [0.1, 0.15) is 17.5 Å². The molecule has 0 spiro atoms. The minimum atomic E-state index is -0.898. The second-order valence-electron chi connectivity index (χ2n) is 9.20. The van der Waals surface area contributed by atoms with Crippen LogP contribution in [0.3, 0.4) is 0 Å². The lowest BCUT2D eigenvalue weighted by Crippen LogP contribution is -2.54. The molecule has 178 valence electrons. The number of rotatable bonds is 6. The molecule has 5 rings (SSSR count). The number of nitrogens with one attached hydrogen (secondary N) is 2. The molecule has 2 N–H and O–H groups in total. The summed E-state index contributed by atoms with van der Waals surface area (Å²) < 4.78 is -0.535. The van der Waals surface area contributed by atoms with Gasteiger partial charge in [-0.2, -0.15) is 0 Å². The molecule has 8 heteroatoms. The molecule has 3 amide bonds. The Morgan fingerprint density at radius 2 is 1.71 bits per heavy atom. The monoisotopic (exact) mass is 486 g/mol. The molecule has 2 aliphatic rings. The molecule has 1 saturated heterocycles. The van der Waals surface area contributed by atoms with E-state index >= 15 is 0 Å². The predicted octanol–water partition coefficient (Wildman–Crippen LogP) is 3.60. The Labute approximate surface area is 208 Å². The predicted molar refractivity (Wildman–Crippen MR) is 134 cm³/mol. The zero-order valence-electron chi connectivity index (χ0n) is 19.5. The van der Waals surface area contributed by atoms with Crippen molar-refractivity contribution in [2.75, 3.05) is 0 Å². The quantitative estimate of drug-likeness (QED) is 0.556. The van der Waals surface area contributed by atoms with Gasteiger partial charge in [0.2, 0.25) is 11.8 Å². The van der Waals surface area contributed by atoms with Crippen molar-refractivity contribution in [3.05, 3.63) is 101 Å². The Balaban J connectivity index is 1.40. The minimum absolute atomic E-state index is 0.151. The molecule has 1 fully saturated rings. The maximum atomic E-state index is 13.8. The molecule has 7 nitrogen and oxygen atoms in total. The third-order valence-electron chi connectivity index (χ3n) is 6.44. The highest BCUT2D eigenvalue weighted by Gasteiger charge is 2.57. The fraction of sp³-hybridized carbons (Fsp3) is 0.259. The Bertz CT molecular complexity index is 1270. The molecule has 2 aromatic carbocycles. The summed E-state index contributed by atoms with van der Waals surface area (Å²) in [4.78, 5) is 46.0. The van der Waals surface area contributed by atoms with E-state index in [1.54, 1.807) is 35.1 Å². The number of thioether (sulfide) groups is 1. The van der Waals surface area contributed by atoms with Gasteiger partial charge >= 0.3 is 0 Å². The van der Waals surface area contributed by atoms with Crippen LogP contribution in [0.15, 0.2) is 79.1 Å². The average molecular weight is 487 g/mol. The molecule has 35 heavy (non-hydrogen) atoms. The fourth-order valence-corrected chi connectivity index (χ4v) is 6.35. The summed E-state index contributed by atoms with van der Waals surface area (Å²) in [5.74, 6) is -0.821. The van der Waals surface area contributed by atoms with Crippen LogP contribution in [-0.4, -0.2) is 38.4 Å². The number of hydrogen-bond donors (Lipinski definition) is 2. The van der Waals surface area contributed by atoms with Gasteiger partial charge in [-0.15, -0.1) is 11.8 Å². The fourth-order valence-electron chi connectivity index (χ4n) is 4.76. The van der Waals surface area contributed by atoms with Crippen molar-refractivity contribution in [1.29, 1.82) is 0 Å². The zero-order valence-corrected chi connectivity index (χ0v) is 20.3. The van der Waals surface area contributed by atoms with E-state index in [0.29, 0.717) is 17.7 Å². The second kappa shape index (κ2) is 9.19. The van der Waals surface area contributed by atoms with Crippen LogP contribution in [0.5, 0.6) is 0 Å². The summed E-state index contributed by atoms with van der Waals surface area (Å²) in [6.07, 6.45) is 3.33. The Morgan fingerprint density at radius 1 is 1.03 bits per heavy atom. The van der Waals surface area contributed by atoms with Crippen molar-refractivity contribution in [3.8, 4) is 0 Å². The molecule has 0 bridgehead atoms. The van der Waals surface area contributed by atoms with E-state index in [0.717, 1.165) is 11.1 Å². The van der Waals surface area contributed by atoms with Crippen molar-refractivity contribution in [2.24, 2.45) is 0 Å². The van der Waals surface area contributed by atoms with Crippen LogP contribution in [0, 0.1) is 0 Å². The Kier molecular flexibility index (Phi) is 6.06. The number of hydrogen-bond acceptors (Lipinski definition) is 5. The third-order valence-corrected chi connectivity index (χ3v) is 7.98. The van der Waals surface area contributed by atoms with Crippen LogP contribution >= 0.6 is 11.8 Å². The second-order valence-corrected chi connectivity index (χ2v) is 10.9. The van der Waals surface area contributed by atoms with Crippen LogP contribution in [0.2, 0.25) is 0 Å². The van der Waals surface area contributed by atoms with Crippen molar-refractivity contribution in [2.45, 2.75) is 42.6 Å². The van der Waals surface area contributed by atoms with Crippen molar-refractivity contribution >= 4 is 29.5 Å². The Morgan fingerprint density at radius 3 is 2.46 bits per heavy atom. The average Bonchev–Trinajstić information content (AvgIpc) is 3.30. The normalized spacial score (nSPS) is 20.6. The van der Waals surface area contributed by atoms with Gasteiger partial charge in [0.05, 0.1) is 0 Å². The largest absolute Gasteiger partial charge is 0.350 e. The maximum absolute atomic E-state index is 13.8. The van der Waals surface area contributed by atoms with E-state index in [1.165, 1.54) is 0 Å². The summed E-state index contributed by atoms with van der Waals surface area (Å²) >= 11 is 1.60. The van der Waals surface area contributed by atoms with Gasteiger partial charge in [-0.1, -0.05) is 48.5 Å². The van der Waals surface area contributed by atoms with Crippen LogP contribution in [0.25, 0.3) is 0 Å². The van der Waals surface area contributed by atoms with Crippen molar-refractivity contribution in [3.63, 3.8) is 0 Å². The summed E-state index contributed by atoms with van der Waals surface area (Å²) in [5, 5.41) is 5.65. The molecule has 3 aromatic rings. The highest BCUT2D eigenvalue weighted by molar-refractivity contribution is 8.01. The number of fused-ring (bicyclic) bond motifs is 3. The topological polar surface area (TPSA) is 91.4 Å². The first kappa shape index (κ1) is 23.1. The van der Waals surface area contributed by atoms with Gasteiger partial charge in [0.15, 0.2) is 0 Å². The number of nitrogens with zero attached hydrogens (tertiary/aromatic N) is 2. The third kappa shape index (κ3) is 4.30. The highest BCUT2D eigenvalue weighted by atomic mass is 32.2. The van der Waals surface area contributed by atoms with Crippen LogP contribution in [0.4, 0.5) is 0 Å². The lowest BCUT2D eigenvalue weighted by Gasteiger charge is -2.31. The summed E-state index contributed by atoms with van der Waals surface area (Å²) in [6, 6.07) is 18.7. The lowest BCUT2D eigenvalue weighted by atomic mass is 9.99. The summed E-state index contributed by atoms with van der Waals surface area (Å²) in [7, 11) is 0. The first-order valence-corrected chi connectivity index (χ1v) is 12.4. The van der Waals surface area contributed by atoms with Gasteiger partial charge in [-0.05, 0) is 48.7 Å². The number of carbonyl (C=O) groups is 3.